The molecule has 4 nitrogen and oxygen atoms in total. The fourth-order valence-corrected chi connectivity index (χ4v) is 3.01. The van der Waals surface area contributed by atoms with Gasteiger partial charge in [0.25, 0.3) is 0 Å². The van der Waals surface area contributed by atoms with Gasteiger partial charge >= 0.3 is 0 Å². The molecule has 0 atom stereocenters. The van der Waals surface area contributed by atoms with Crippen molar-refractivity contribution >= 4 is 11.3 Å². The lowest BCUT2D eigenvalue weighted by atomic mass is 10.1. The number of aromatic nitrogens is 3. The van der Waals surface area contributed by atoms with Gasteiger partial charge in [0.1, 0.15) is 12.4 Å². The Morgan fingerprint density at radius 3 is 2.60 bits per heavy atom. The highest BCUT2D eigenvalue weighted by Crippen LogP contribution is 2.25. The second kappa shape index (κ2) is 5.56. The SMILES string of the molecule is Cc1nc(OCc2ncsc2C(C)C)cn1C(C)(C)C. The molecule has 0 aliphatic heterocycles. The van der Waals surface area contributed by atoms with E-state index in [1.54, 1.807) is 11.3 Å². The van der Waals surface area contributed by atoms with Crippen molar-refractivity contribution in [2.24, 2.45) is 0 Å². The first-order chi connectivity index (χ1) is 9.29. The molecule has 2 aromatic rings. The van der Waals surface area contributed by atoms with Crippen molar-refractivity contribution in [1.29, 1.82) is 0 Å². The topological polar surface area (TPSA) is 39.9 Å². The molecule has 0 amide bonds. The van der Waals surface area contributed by atoms with E-state index in [-0.39, 0.29) is 5.54 Å². The van der Waals surface area contributed by atoms with Crippen LogP contribution in [0.1, 0.15) is 56.9 Å². The standard InChI is InChI=1S/C15H23N3OS/c1-10(2)14-12(16-9-20-14)8-19-13-7-18(11(3)17-13)15(4,5)6/h7,9-10H,8H2,1-6H3. The summed E-state index contributed by atoms with van der Waals surface area (Å²) in [5.74, 6) is 2.12. The maximum atomic E-state index is 5.81. The molecule has 0 unspecified atom stereocenters. The lowest BCUT2D eigenvalue weighted by Crippen LogP contribution is -2.22. The molecule has 5 heteroatoms. The molecule has 0 radical (unpaired) electrons. The molecule has 0 aliphatic carbocycles. The number of thiazole rings is 1. The molecule has 0 aliphatic rings. The number of rotatable bonds is 4. The number of hydrogen-bond acceptors (Lipinski definition) is 4. The fraction of sp³-hybridized carbons (Fsp3) is 0.600. The van der Waals surface area contributed by atoms with E-state index in [0.717, 1.165) is 11.5 Å². The summed E-state index contributed by atoms with van der Waals surface area (Å²) in [6, 6.07) is 0. The smallest absolute Gasteiger partial charge is 0.232 e. The number of hydrogen-bond donors (Lipinski definition) is 0. The maximum Gasteiger partial charge on any atom is 0.232 e. The van der Waals surface area contributed by atoms with Gasteiger partial charge in [-0.25, -0.2) is 4.98 Å². The van der Waals surface area contributed by atoms with Gasteiger partial charge in [-0.05, 0) is 33.6 Å². The Kier molecular flexibility index (Phi) is 4.18. The Hall–Kier alpha value is -1.36. The lowest BCUT2D eigenvalue weighted by Gasteiger charge is -2.21. The van der Waals surface area contributed by atoms with Crippen LogP contribution in [0.4, 0.5) is 0 Å². The van der Waals surface area contributed by atoms with Crippen molar-refractivity contribution in [1.82, 2.24) is 14.5 Å². The Balaban J connectivity index is 2.10. The summed E-state index contributed by atoms with van der Waals surface area (Å²) in [5, 5.41) is 0. The first-order valence-electron chi connectivity index (χ1n) is 6.90. The van der Waals surface area contributed by atoms with Gasteiger partial charge in [0.05, 0.1) is 17.4 Å². The highest BCUT2D eigenvalue weighted by Gasteiger charge is 2.18. The predicted octanol–water partition coefficient (Wildman–Crippen LogP) is 4.11. The molecule has 0 saturated heterocycles. The van der Waals surface area contributed by atoms with Crippen molar-refractivity contribution in [3.63, 3.8) is 0 Å². The third-order valence-corrected chi connectivity index (χ3v) is 4.31. The predicted molar refractivity (Wildman–Crippen MR) is 82.5 cm³/mol. The molecule has 20 heavy (non-hydrogen) atoms. The molecule has 110 valence electrons. The third kappa shape index (κ3) is 3.20. The number of nitrogens with zero attached hydrogens (tertiary/aromatic N) is 3. The van der Waals surface area contributed by atoms with Crippen LogP contribution in [0.5, 0.6) is 5.88 Å². The highest BCUT2D eigenvalue weighted by molar-refractivity contribution is 7.09. The average Bonchev–Trinajstić information content (AvgIpc) is 2.91. The van der Waals surface area contributed by atoms with E-state index in [0.29, 0.717) is 18.4 Å². The van der Waals surface area contributed by atoms with E-state index in [1.807, 2.05) is 18.6 Å². The van der Waals surface area contributed by atoms with Gasteiger partial charge in [0, 0.05) is 10.4 Å². The zero-order valence-electron chi connectivity index (χ0n) is 13.1. The Labute approximate surface area is 124 Å². The highest BCUT2D eigenvalue weighted by atomic mass is 32.1. The van der Waals surface area contributed by atoms with Gasteiger partial charge in [-0.3, -0.25) is 0 Å². The average molecular weight is 293 g/mol. The van der Waals surface area contributed by atoms with Crippen LogP contribution in [0.2, 0.25) is 0 Å². The van der Waals surface area contributed by atoms with Gasteiger partial charge in [-0.1, -0.05) is 13.8 Å². The molecule has 2 heterocycles. The molecule has 0 aromatic carbocycles. The van der Waals surface area contributed by atoms with Crippen LogP contribution in [0, 0.1) is 6.92 Å². The summed E-state index contributed by atoms with van der Waals surface area (Å²) in [4.78, 5) is 10.1. The zero-order valence-corrected chi connectivity index (χ0v) is 13.9. The molecule has 0 spiro atoms. The van der Waals surface area contributed by atoms with E-state index in [4.69, 9.17) is 4.74 Å². The van der Waals surface area contributed by atoms with Gasteiger partial charge in [0.15, 0.2) is 0 Å². The Morgan fingerprint density at radius 1 is 1.35 bits per heavy atom. The number of imidazole rings is 1. The van der Waals surface area contributed by atoms with Crippen LogP contribution in [-0.2, 0) is 12.1 Å². The molecule has 2 aromatic heterocycles. The Morgan fingerprint density at radius 2 is 2.05 bits per heavy atom. The summed E-state index contributed by atoms with van der Waals surface area (Å²) in [6.07, 6.45) is 1.97. The first-order valence-corrected chi connectivity index (χ1v) is 7.78. The van der Waals surface area contributed by atoms with Gasteiger partial charge < -0.3 is 9.30 Å². The van der Waals surface area contributed by atoms with Crippen LogP contribution in [0.25, 0.3) is 0 Å². The quantitative estimate of drug-likeness (QED) is 0.852. The van der Waals surface area contributed by atoms with Crippen LogP contribution >= 0.6 is 11.3 Å². The minimum Gasteiger partial charge on any atom is -0.470 e. The molecule has 0 N–H and O–H groups in total. The molecular formula is C15H23N3OS. The number of ether oxygens (including phenoxy) is 1. The van der Waals surface area contributed by atoms with E-state index >= 15 is 0 Å². The van der Waals surface area contributed by atoms with Crippen molar-refractivity contribution < 1.29 is 4.74 Å². The maximum absolute atomic E-state index is 5.81. The molecule has 0 bridgehead atoms. The van der Waals surface area contributed by atoms with Crippen LogP contribution in [0.3, 0.4) is 0 Å². The van der Waals surface area contributed by atoms with Gasteiger partial charge in [0.2, 0.25) is 5.88 Å². The summed E-state index contributed by atoms with van der Waals surface area (Å²) >= 11 is 1.69. The normalized spacial score (nSPS) is 12.2. The summed E-state index contributed by atoms with van der Waals surface area (Å²) in [7, 11) is 0. The fourth-order valence-electron chi connectivity index (χ4n) is 2.19. The zero-order chi connectivity index (χ0) is 14.9. The minimum absolute atomic E-state index is 0.0163. The number of aryl methyl sites for hydroxylation is 1. The second-order valence-electron chi connectivity index (χ2n) is 6.27. The molecular weight excluding hydrogens is 270 g/mol. The monoisotopic (exact) mass is 293 g/mol. The largest absolute Gasteiger partial charge is 0.470 e. The molecule has 0 fully saturated rings. The van der Waals surface area contributed by atoms with E-state index < -0.39 is 0 Å². The second-order valence-corrected chi connectivity index (χ2v) is 7.16. The van der Waals surface area contributed by atoms with Crippen LogP contribution < -0.4 is 4.74 Å². The first kappa shape index (κ1) is 15.0. The summed E-state index contributed by atoms with van der Waals surface area (Å²) < 4.78 is 7.94. The van der Waals surface area contributed by atoms with E-state index in [1.165, 1.54) is 4.88 Å². The van der Waals surface area contributed by atoms with Crippen molar-refractivity contribution in [2.75, 3.05) is 0 Å². The van der Waals surface area contributed by atoms with Gasteiger partial charge in [-0.2, -0.15) is 4.98 Å². The van der Waals surface area contributed by atoms with Gasteiger partial charge in [-0.15, -0.1) is 11.3 Å². The lowest BCUT2D eigenvalue weighted by molar-refractivity contribution is 0.288. The summed E-state index contributed by atoms with van der Waals surface area (Å²) in [5.41, 5.74) is 2.92. The summed E-state index contributed by atoms with van der Waals surface area (Å²) in [6.45, 7) is 13.3. The van der Waals surface area contributed by atoms with Crippen molar-refractivity contribution in [3.8, 4) is 5.88 Å². The molecule has 0 saturated carbocycles. The van der Waals surface area contributed by atoms with Crippen LogP contribution in [-0.4, -0.2) is 14.5 Å². The van der Waals surface area contributed by atoms with Crippen molar-refractivity contribution in [3.05, 3.63) is 28.1 Å². The van der Waals surface area contributed by atoms with Crippen LogP contribution in [0.15, 0.2) is 11.7 Å². The van der Waals surface area contributed by atoms with E-state index in [9.17, 15) is 0 Å². The molecule has 2 rings (SSSR count). The third-order valence-electron chi connectivity index (χ3n) is 3.14. The minimum atomic E-state index is 0.0163. The van der Waals surface area contributed by atoms with E-state index in [2.05, 4.69) is 49.2 Å². The van der Waals surface area contributed by atoms with Crippen molar-refractivity contribution in [2.45, 2.75) is 59.6 Å². The Bertz CT molecular complexity index is 578.